The maximum atomic E-state index is 5.32. The van der Waals surface area contributed by atoms with E-state index in [0.717, 1.165) is 22.6 Å². The van der Waals surface area contributed by atoms with Crippen molar-refractivity contribution in [3.63, 3.8) is 0 Å². The third kappa shape index (κ3) is 2.69. The highest BCUT2D eigenvalue weighted by molar-refractivity contribution is 5.79. The van der Waals surface area contributed by atoms with Gasteiger partial charge in [0.2, 0.25) is 0 Å². The zero-order chi connectivity index (χ0) is 13.8. The molecule has 2 nitrogen and oxygen atoms in total. The van der Waals surface area contributed by atoms with Crippen LogP contribution < -0.4 is 0 Å². The van der Waals surface area contributed by atoms with Gasteiger partial charge in [-0.25, -0.2) is 0 Å². The van der Waals surface area contributed by atoms with Crippen LogP contribution in [0.5, 0.6) is 0 Å². The maximum absolute atomic E-state index is 5.32. The van der Waals surface area contributed by atoms with Crippen molar-refractivity contribution in [1.29, 1.82) is 0 Å². The van der Waals surface area contributed by atoms with E-state index in [2.05, 4.69) is 36.2 Å². The minimum atomic E-state index is 0.845. The van der Waals surface area contributed by atoms with Crippen LogP contribution in [0.2, 0.25) is 0 Å². The van der Waals surface area contributed by atoms with E-state index < -0.39 is 0 Å². The molecule has 3 aromatic rings. The summed E-state index contributed by atoms with van der Waals surface area (Å²) in [7, 11) is 0. The number of pyridine rings is 1. The molecule has 0 atom stereocenters. The van der Waals surface area contributed by atoms with E-state index in [1.165, 1.54) is 5.56 Å². The highest BCUT2D eigenvalue weighted by Gasteiger charge is 2.04. The maximum Gasteiger partial charge on any atom is 0.126 e. The Morgan fingerprint density at radius 2 is 1.95 bits per heavy atom. The minimum absolute atomic E-state index is 0.845. The first-order valence-electron chi connectivity index (χ1n) is 6.56. The van der Waals surface area contributed by atoms with Gasteiger partial charge in [0.1, 0.15) is 5.76 Å². The highest BCUT2D eigenvalue weighted by atomic mass is 16.3. The van der Waals surface area contributed by atoms with Crippen LogP contribution in [0.1, 0.15) is 16.9 Å². The molecular weight excluding hydrogens is 246 g/mol. The number of nitrogens with zero attached hydrogens (tertiary/aromatic N) is 1. The number of hydrogen-bond donors (Lipinski definition) is 0. The Morgan fingerprint density at radius 1 is 1.00 bits per heavy atom. The summed E-state index contributed by atoms with van der Waals surface area (Å²) >= 11 is 0. The Bertz CT molecular complexity index is 712. The second kappa shape index (κ2) is 5.57. The number of hydrogen-bond acceptors (Lipinski definition) is 2. The third-order valence-electron chi connectivity index (χ3n) is 3.12. The van der Waals surface area contributed by atoms with Gasteiger partial charge in [0.05, 0.1) is 12.0 Å². The van der Waals surface area contributed by atoms with Gasteiger partial charge in [0.15, 0.2) is 0 Å². The van der Waals surface area contributed by atoms with Gasteiger partial charge in [0.25, 0.3) is 0 Å². The van der Waals surface area contributed by atoms with Crippen LogP contribution in [0.25, 0.3) is 23.4 Å². The summed E-state index contributed by atoms with van der Waals surface area (Å²) in [5.74, 6) is 0.845. The van der Waals surface area contributed by atoms with Crippen LogP contribution in [0.15, 0.2) is 65.4 Å². The lowest BCUT2D eigenvalue weighted by atomic mass is 10.0. The van der Waals surface area contributed by atoms with Crippen LogP contribution in [0, 0.1) is 6.92 Å². The molecule has 2 heterocycles. The quantitative estimate of drug-likeness (QED) is 0.675. The molecule has 0 spiro atoms. The number of benzene rings is 1. The van der Waals surface area contributed by atoms with Crippen molar-refractivity contribution in [2.45, 2.75) is 6.92 Å². The number of aryl methyl sites for hydroxylation is 1. The van der Waals surface area contributed by atoms with E-state index in [-0.39, 0.29) is 0 Å². The molecule has 0 unspecified atom stereocenters. The van der Waals surface area contributed by atoms with Crippen molar-refractivity contribution >= 4 is 12.2 Å². The molecular formula is C18H15NO. The molecule has 0 aliphatic carbocycles. The van der Waals surface area contributed by atoms with Gasteiger partial charge in [-0.05, 0) is 48.9 Å². The van der Waals surface area contributed by atoms with Gasteiger partial charge in [0, 0.05) is 11.8 Å². The van der Waals surface area contributed by atoms with E-state index >= 15 is 0 Å². The Balaban J connectivity index is 2.03. The normalized spacial score (nSPS) is 11.1. The first-order chi connectivity index (χ1) is 9.83. The molecule has 3 rings (SSSR count). The number of aromatic nitrogens is 1. The second-order valence-corrected chi connectivity index (χ2v) is 4.65. The summed E-state index contributed by atoms with van der Waals surface area (Å²) in [4.78, 5) is 4.44. The molecule has 98 valence electrons. The average Bonchev–Trinajstić information content (AvgIpc) is 3.00. The molecule has 0 saturated carbocycles. The summed E-state index contributed by atoms with van der Waals surface area (Å²) in [6, 6.07) is 16.2. The summed E-state index contributed by atoms with van der Waals surface area (Å²) < 4.78 is 5.32. The monoisotopic (exact) mass is 261 g/mol. The van der Waals surface area contributed by atoms with Gasteiger partial charge >= 0.3 is 0 Å². The molecule has 2 aromatic heterocycles. The van der Waals surface area contributed by atoms with Crippen molar-refractivity contribution in [3.8, 4) is 11.3 Å². The Morgan fingerprint density at radius 3 is 2.70 bits per heavy atom. The molecule has 0 aliphatic rings. The van der Waals surface area contributed by atoms with Crippen LogP contribution in [0.4, 0.5) is 0 Å². The molecule has 1 aromatic carbocycles. The number of furan rings is 1. The average molecular weight is 261 g/mol. The Hall–Kier alpha value is -2.61. The highest BCUT2D eigenvalue weighted by Crippen LogP contribution is 2.25. The lowest BCUT2D eigenvalue weighted by Crippen LogP contribution is -1.87. The van der Waals surface area contributed by atoms with Crippen molar-refractivity contribution in [2.24, 2.45) is 0 Å². The summed E-state index contributed by atoms with van der Waals surface area (Å²) in [6.07, 6.45) is 7.52. The van der Waals surface area contributed by atoms with Gasteiger partial charge in [-0.15, -0.1) is 0 Å². The Kier molecular flexibility index (Phi) is 3.46. The fraction of sp³-hybridized carbons (Fsp3) is 0.0556. The van der Waals surface area contributed by atoms with E-state index in [9.17, 15) is 0 Å². The van der Waals surface area contributed by atoms with Crippen molar-refractivity contribution < 1.29 is 4.42 Å². The van der Waals surface area contributed by atoms with Gasteiger partial charge in [-0.3, -0.25) is 4.98 Å². The largest absolute Gasteiger partial charge is 0.465 e. The fourth-order valence-electron chi connectivity index (χ4n) is 2.12. The molecule has 0 aliphatic heterocycles. The molecule has 0 bridgehead atoms. The fourth-order valence-corrected chi connectivity index (χ4v) is 2.12. The predicted octanol–water partition coefficient (Wildman–Crippen LogP) is 4.82. The van der Waals surface area contributed by atoms with E-state index in [4.69, 9.17) is 4.42 Å². The van der Waals surface area contributed by atoms with E-state index in [0.29, 0.717) is 0 Å². The van der Waals surface area contributed by atoms with Crippen LogP contribution in [0.3, 0.4) is 0 Å². The topological polar surface area (TPSA) is 26.0 Å². The standard InChI is InChI=1S/C18H15NO/c1-14-7-8-15(9-10-16-5-4-12-20-16)17(13-14)18-6-2-3-11-19-18/h2-13H,1H3/b10-9+. The summed E-state index contributed by atoms with van der Waals surface area (Å²) in [6.45, 7) is 2.09. The van der Waals surface area contributed by atoms with Crippen LogP contribution in [-0.2, 0) is 0 Å². The minimum Gasteiger partial charge on any atom is -0.465 e. The molecule has 2 heteroatoms. The van der Waals surface area contributed by atoms with Crippen LogP contribution >= 0.6 is 0 Å². The van der Waals surface area contributed by atoms with Crippen molar-refractivity contribution in [1.82, 2.24) is 4.98 Å². The van der Waals surface area contributed by atoms with Gasteiger partial charge in [-0.2, -0.15) is 0 Å². The second-order valence-electron chi connectivity index (χ2n) is 4.65. The van der Waals surface area contributed by atoms with Crippen molar-refractivity contribution in [3.05, 3.63) is 77.9 Å². The first-order valence-corrected chi connectivity index (χ1v) is 6.56. The molecule has 20 heavy (non-hydrogen) atoms. The SMILES string of the molecule is Cc1ccc(/C=C/c2ccco2)c(-c2ccccn2)c1. The van der Waals surface area contributed by atoms with Gasteiger partial charge in [-0.1, -0.05) is 29.8 Å². The van der Waals surface area contributed by atoms with E-state index in [1.807, 2.05) is 42.6 Å². The molecule has 0 fully saturated rings. The summed E-state index contributed by atoms with van der Waals surface area (Å²) in [5.41, 5.74) is 4.47. The third-order valence-corrected chi connectivity index (χ3v) is 3.12. The summed E-state index contributed by atoms with van der Waals surface area (Å²) in [5, 5.41) is 0. The zero-order valence-corrected chi connectivity index (χ0v) is 11.3. The lowest BCUT2D eigenvalue weighted by Gasteiger charge is -2.06. The van der Waals surface area contributed by atoms with Crippen LogP contribution in [-0.4, -0.2) is 4.98 Å². The molecule has 0 N–H and O–H groups in total. The van der Waals surface area contributed by atoms with E-state index in [1.54, 1.807) is 6.26 Å². The molecule has 0 saturated heterocycles. The molecule has 0 amide bonds. The number of rotatable bonds is 3. The molecule has 0 radical (unpaired) electrons. The lowest BCUT2D eigenvalue weighted by molar-refractivity contribution is 0.557. The first kappa shape index (κ1) is 12.4. The van der Waals surface area contributed by atoms with Gasteiger partial charge < -0.3 is 4.42 Å². The predicted molar refractivity (Wildman–Crippen MR) is 82.0 cm³/mol. The zero-order valence-electron chi connectivity index (χ0n) is 11.3. The smallest absolute Gasteiger partial charge is 0.126 e. The van der Waals surface area contributed by atoms with Crippen molar-refractivity contribution in [2.75, 3.05) is 0 Å². The Labute approximate surface area is 118 Å².